The predicted octanol–water partition coefficient (Wildman–Crippen LogP) is 3.57. The van der Waals surface area contributed by atoms with Gasteiger partial charge in [-0.3, -0.25) is 0 Å². The first kappa shape index (κ1) is 22.6. The largest absolute Gasteiger partial charge is 0.496 e. The molecule has 2 aliphatic rings. The molecule has 3 N–H and O–H groups in total. The summed E-state index contributed by atoms with van der Waals surface area (Å²) in [5.41, 5.74) is 4.58. The molecular weight excluding hydrogens is 458 g/mol. The second-order valence-electron chi connectivity index (χ2n) is 9.32. The number of benzene rings is 1. The minimum atomic E-state index is -0.479. The van der Waals surface area contributed by atoms with Crippen molar-refractivity contribution in [1.29, 1.82) is 0 Å². The molecule has 0 aliphatic carbocycles. The van der Waals surface area contributed by atoms with Gasteiger partial charge in [-0.2, -0.15) is 0 Å². The van der Waals surface area contributed by atoms with Gasteiger partial charge in [-0.05, 0) is 26.0 Å². The van der Waals surface area contributed by atoms with Gasteiger partial charge in [-0.1, -0.05) is 6.07 Å². The van der Waals surface area contributed by atoms with Crippen molar-refractivity contribution < 1.29 is 14.2 Å². The van der Waals surface area contributed by atoms with Crippen LogP contribution in [-0.2, 0) is 10.3 Å². The second kappa shape index (κ2) is 8.96. The molecule has 10 heteroatoms. The first-order valence-electron chi connectivity index (χ1n) is 12.1. The van der Waals surface area contributed by atoms with Gasteiger partial charge in [-0.15, -0.1) is 0 Å². The average molecular weight is 488 g/mol. The van der Waals surface area contributed by atoms with Crippen LogP contribution in [-0.4, -0.2) is 58.8 Å². The molecule has 2 aliphatic heterocycles. The number of nitrogens with zero attached hydrogens (tertiary/aromatic N) is 4. The van der Waals surface area contributed by atoms with Gasteiger partial charge in [0.2, 0.25) is 5.88 Å². The molecule has 1 fully saturated rings. The number of hydrogen-bond acceptors (Lipinski definition) is 9. The molecule has 36 heavy (non-hydrogen) atoms. The summed E-state index contributed by atoms with van der Waals surface area (Å²) in [6, 6.07) is 8.04. The molecule has 5 heterocycles. The maximum Gasteiger partial charge on any atom is 0.237 e. The minimum absolute atomic E-state index is 0.117. The fraction of sp³-hybridized carbons (Fsp3) is 0.346. The SMILES string of the molecule is COc1cc(Nc2nc(-c3cnc4c(c3)NCCO4)cn3ccnc23)ccc1[C@@]1(C)CNC[C@@H](C)O1. The number of hydrogen-bond donors (Lipinski definition) is 3. The molecule has 1 saturated heterocycles. The molecular formula is C26H29N7O3. The molecule has 1 aromatic carbocycles. The van der Waals surface area contributed by atoms with Crippen LogP contribution in [0.4, 0.5) is 17.2 Å². The Hall–Kier alpha value is -3.89. The highest BCUT2D eigenvalue weighted by Gasteiger charge is 2.35. The number of ether oxygens (including phenoxy) is 3. The summed E-state index contributed by atoms with van der Waals surface area (Å²) >= 11 is 0. The first-order valence-corrected chi connectivity index (χ1v) is 12.1. The lowest BCUT2D eigenvalue weighted by Crippen LogP contribution is -2.49. The van der Waals surface area contributed by atoms with E-state index in [1.54, 1.807) is 19.5 Å². The van der Waals surface area contributed by atoms with Crippen LogP contribution in [0.1, 0.15) is 19.4 Å². The summed E-state index contributed by atoms with van der Waals surface area (Å²) in [5, 5.41) is 10.2. The molecule has 6 rings (SSSR count). The van der Waals surface area contributed by atoms with Crippen molar-refractivity contribution in [3.63, 3.8) is 0 Å². The van der Waals surface area contributed by atoms with Crippen LogP contribution in [0, 0.1) is 0 Å². The zero-order valence-corrected chi connectivity index (χ0v) is 20.5. The van der Waals surface area contributed by atoms with E-state index in [4.69, 9.17) is 19.2 Å². The van der Waals surface area contributed by atoms with Crippen LogP contribution >= 0.6 is 0 Å². The Bertz CT molecular complexity index is 1420. The van der Waals surface area contributed by atoms with Crippen LogP contribution in [0.3, 0.4) is 0 Å². The number of imidazole rings is 1. The number of rotatable bonds is 5. The number of fused-ring (bicyclic) bond motifs is 2. The van der Waals surface area contributed by atoms with Gasteiger partial charge in [0.1, 0.15) is 18.0 Å². The van der Waals surface area contributed by atoms with Gasteiger partial charge in [0.15, 0.2) is 11.5 Å². The molecule has 186 valence electrons. The van der Waals surface area contributed by atoms with Gasteiger partial charge < -0.3 is 34.6 Å². The predicted molar refractivity (Wildman–Crippen MR) is 137 cm³/mol. The third-order valence-electron chi connectivity index (χ3n) is 6.57. The number of nitrogens with one attached hydrogen (secondary N) is 3. The molecule has 0 bridgehead atoms. The van der Waals surface area contributed by atoms with Crippen molar-refractivity contribution in [3.8, 4) is 22.9 Å². The fourth-order valence-corrected chi connectivity index (χ4v) is 4.86. The Kier molecular flexibility index (Phi) is 5.62. The summed E-state index contributed by atoms with van der Waals surface area (Å²) in [7, 11) is 1.68. The van der Waals surface area contributed by atoms with Crippen molar-refractivity contribution >= 4 is 22.8 Å². The van der Waals surface area contributed by atoms with Crippen LogP contribution in [0.25, 0.3) is 16.9 Å². The normalized spacial score (nSPS) is 21.4. The van der Waals surface area contributed by atoms with E-state index in [1.165, 1.54) is 0 Å². The summed E-state index contributed by atoms with van der Waals surface area (Å²) in [6.07, 6.45) is 7.49. The van der Waals surface area contributed by atoms with Crippen molar-refractivity contribution in [2.75, 3.05) is 44.0 Å². The van der Waals surface area contributed by atoms with Crippen molar-refractivity contribution in [3.05, 3.63) is 54.6 Å². The van der Waals surface area contributed by atoms with Crippen LogP contribution in [0.5, 0.6) is 11.6 Å². The standard InChI is InChI=1S/C26H29N7O3/c1-16-12-27-15-26(2,36-16)19-5-4-18(11-22(19)34-3)31-23-24-29-6-8-33(24)14-21(32-23)17-10-20-25(30-13-17)35-9-7-28-20/h4-6,8,10-11,13-14,16,27-28H,7,9,12,15H2,1-3H3,(H,31,32)/t16-,26-/m1/s1. The van der Waals surface area contributed by atoms with E-state index < -0.39 is 5.60 Å². The molecule has 0 radical (unpaired) electrons. The van der Waals surface area contributed by atoms with E-state index in [0.717, 1.165) is 52.7 Å². The third kappa shape index (κ3) is 4.08. The second-order valence-corrected chi connectivity index (χ2v) is 9.32. The molecule has 0 unspecified atom stereocenters. The van der Waals surface area contributed by atoms with E-state index in [9.17, 15) is 0 Å². The smallest absolute Gasteiger partial charge is 0.237 e. The highest BCUT2D eigenvalue weighted by atomic mass is 16.5. The highest BCUT2D eigenvalue weighted by Crippen LogP contribution is 2.38. The van der Waals surface area contributed by atoms with Crippen molar-refractivity contribution in [2.45, 2.75) is 25.6 Å². The molecule has 0 saturated carbocycles. The summed E-state index contributed by atoms with van der Waals surface area (Å²) < 4.78 is 19.6. The van der Waals surface area contributed by atoms with Crippen molar-refractivity contribution in [1.82, 2.24) is 24.7 Å². The Morgan fingerprint density at radius 3 is 3.03 bits per heavy atom. The molecule has 3 aromatic heterocycles. The Labute approximate surface area is 209 Å². The number of methoxy groups -OCH3 is 1. The maximum atomic E-state index is 6.30. The van der Waals surface area contributed by atoms with E-state index in [0.29, 0.717) is 24.8 Å². The van der Waals surface area contributed by atoms with Gasteiger partial charge in [0, 0.05) is 67.3 Å². The topological polar surface area (TPSA) is 107 Å². The number of aromatic nitrogens is 4. The number of anilines is 3. The first-order chi connectivity index (χ1) is 17.5. The Balaban J connectivity index is 1.35. The zero-order chi connectivity index (χ0) is 24.7. The molecule has 0 amide bonds. The molecule has 0 spiro atoms. The highest BCUT2D eigenvalue weighted by molar-refractivity contribution is 5.75. The van der Waals surface area contributed by atoms with Crippen molar-refractivity contribution in [2.24, 2.45) is 0 Å². The number of morpholine rings is 1. The van der Waals surface area contributed by atoms with E-state index in [2.05, 4.69) is 39.8 Å². The van der Waals surface area contributed by atoms with E-state index in [-0.39, 0.29) is 6.10 Å². The summed E-state index contributed by atoms with van der Waals surface area (Å²) in [6.45, 7) is 7.07. The monoisotopic (exact) mass is 487 g/mol. The van der Waals surface area contributed by atoms with Gasteiger partial charge >= 0.3 is 0 Å². The lowest BCUT2D eigenvalue weighted by Gasteiger charge is -2.39. The molecule has 10 nitrogen and oxygen atoms in total. The fourth-order valence-electron chi connectivity index (χ4n) is 4.86. The van der Waals surface area contributed by atoms with Gasteiger partial charge in [0.25, 0.3) is 0 Å². The zero-order valence-electron chi connectivity index (χ0n) is 20.5. The quantitative estimate of drug-likeness (QED) is 0.389. The van der Waals surface area contributed by atoms with Crippen LogP contribution in [0.2, 0.25) is 0 Å². The van der Waals surface area contributed by atoms with Crippen LogP contribution in [0.15, 0.2) is 49.1 Å². The van der Waals surface area contributed by atoms with Crippen LogP contribution < -0.4 is 25.4 Å². The van der Waals surface area contributed by atoms with Gasteiger partial charge in [-0.25, -0.2) is 15.0 Å². The molecule has 2 atom stereocenters. The Morgan fingerprint density at radius 2 is 2.17 bits per heavy atom. The van der Waals surface area contributed by atoms with E-state index >= 15 is 0 Å². The average Bonchev–Trinajstić information content (AvgIpc) is 3.37. The van der Waals surface area contributed by atoms with E-state index in [1.807, 2.05) is 41.1 Å². The maximum absolute atomic E-state index is 6.30. The van der Waals surface area contributed by atoms with Gasteiger partial charge in [0.05, 0.1) is 24.6 Å². The summed E-state index contributed by atoms with van der Waals surface area (Å²) in [5.74, 6) is 1.99. The Morgan fingerprint density at radius 1 is 1.25 bits per heavy atom. The lowest BCUT2D eigenvalue weighted by atomic mass is 9.92. The molecule has 4 aromatic rings. The summed E-state index contributed by atoms with van der Waals surface area (Å²) in [4.78, 5) is 13.9. The lowest BCUT2D eigenvalue weighted by molar-refractivity contribution is -0.103. The minimum Gasteiger partial charge on any atom is -0.496 e. The third-order valence-corrected chi connectivity index (χ3v) is 6.57. The number of pyridine rings is 1.